The van der Waals surface area contributed by atoms with E-state index in [0.717, 1.165) is 19.6 Å². The number of methoxy groups -OCH3 is 1. The number of rotatable bonds is 5. The predicted molar refractivity (Wildman–Crippen MR) is 51.4 cm³/mol. The maximum absolute atomic E-state index is 5.00. The van der Waals surface area contributed by atoms with Crippen LogP contribution in [0.25, 0.3) is 0 Å². The van der Waals surface area contributed by atoms with E-state index < -0.39 is 0 Å². The first-order valence-electron chi connectivity index (χ1n) is 3.76. The molecule has 0 heterocycles. The Morgan fingerprint density at radius 1 is 1.36 bits per heavy atom. The molecule has 0 saturated heterocycles. The van der Waals surface area contributed by atoms with Crippen LogP contribution in [0.3, 0.4) is 0 Å². The average molecular weight is 182 g/mol. The average Bonchev–Trinajstić information content (AvgIpc) is 1.84. The van der Waals surface area contributed by atoms with Crippen LogP contribution in [0.4, 0.5) is 0 Å². The highest BCUT2D eigenvalue weighted by molar-refractivity contribution is 5.85. The van der Waals surface area contributed by atoms with Gasteiger partial charge in [-0.25, -0.2) is 0 Å². The quantitative estimate of drug-likeness (QED) is 0.697. The van der Waals surface area contributed by atoms with E-state index in [9.17, 15) is 0 Å². The van der Waals surface area contributed by atoms with Crippen LogP contribution in [0.2, 0.25) is 0 Å². The van der Waals surface area contributed by atoms with E-state index in [1.54, 1.807) is 7.11 Å². The highest BCUT2D eigenvalue weighted by atomic mass is 35.5. The molecule has 0 bridgehead atoms. The third kappa shape index (κ3) is 8.11. The number of halogens is 1. The van der Waals surface area contributed by atoms with Gasteiger partial charge in [-0.1, -0.05) is 13.8 Å². The van der Waals surface area contributed by atoms with E-state index in [4.69, 9.17) is 4.74 Å². The molecule has 2 nitrogen and oxygen atoms in total. The summed E-state index contributed by atoms with van der Waals surface area (Å²) < 4.78 is 5.00. The molecule has 70 valence electrons. The predicted octanol–water partition coefficient (Wildman–Crippen LogP) is 1.69. The Balaban J connectivity index is 0. The van der Waals surface area contributed by atoms with Crippen LogP contribution in [0.5, 0.6) is 0 Å². The minimum absolute atomic E-state index is 0. The van der Waals surface area contributed by atoms with Crippen molar-refractivity contribution in [3.05, 3.63) is 0 Å². The van der Waals surface area contributed by atoms with E-state index in [-0.39, 0.29) is 12.4 Å². The topological polar surface area (TPSA) is 21.3 Å². The zero-order chi connectivity index (χ0) is 8.04. The van der Waals surface area contributed by atoms with Gasteiger partial charge in [0.05, 0.1) is 0 Å². The molecule has 0 aromatic carbocycles. The molecule has 0 aliphatic rings. The minimum atomic E-state index is 0. The first-order chi connectivity index (χ1) is 4.62. The normalized spacial score (nSPS) is 10.9. The molecule has 1 N–H and O–H groups in total. The zero-order valence-electron chi connectivity index (χ0n) is 7.94. The Morgan fingerprint density at radius 2 is 1.91 bits per heavy atom. The maximum atomic E-state index is 5.00. The molecular weight excluding hydrogens is 162 g/mol. The third-order valence-electron chi connectivity index (χ3n) is 1.64. The molecule has 0 aliphatic heterocycles. The summed E-state index contributed by atoms with van der Waals surface area (Å²) in [6.45, 7) is 6.38. The van der Waals surface area contributed by atoms with Crippen LogP contribution in [0.1, 0.15) is 20.3 Å². The lowest BCUT2D eigenvalue weighted by Gasteiger charge is -2.23. The van der Waals surface area contributed by atoms with E-state index in [1.807, 2.05) is 7.05 Å². The highest BCUT2D eigenvalue weighted by Crippen LogP contribution is 2.17. The van der Waals surface area contributed by atoms with E-state index in [1.165, 1.54) is 0 Å². The van der Waals surface area contributed by atoms with Gasteiger partial charge in [0.15, 0.2) is 0 Å². The summed E-state index contributed by atoms with van der Waals surface area (Å²) in [5.41, 5.74) is 0.366. The van der Waals surface area contributed by atoms with Crippen molar-refractivity contribution < 1.29 is 4.74 Å². The Hall–Kier alpha value is 0.210. The monoisotopic (exact) mass is 181 g/mol. The van der Waals surface area contributed by atoms with Crippen LogP contribution in [0.15, 0.2) is 0 Å². The second-order valence-corrected chi connectivity index (χ2v) is 3.44. The van der Waals surface area contributed by atoms with Gasteiger partial charge in [-0.2, -0.15) is 0 Å². The molecular formula is C8H20ClNO. The van der Waals surface area contributed by atoms with Crippen LogP contribution < -0.4 is 5.32 Å². The van der Waals surface area contributed by atoms with Gasteiger partial charge in [-0.05, 0) is 18.9 Å². The Morgan fingerprint density at radius 3 is 2.27 bits per heavy atom. The van der Waals surface area contributed by atoms with Gasteiger partial charge in [0.2, 0.25) is 0 Å². The molecule has 11 heavy (non-hydrogen) atoms. The van der Waals surface area contributed by atoms with E-state index in [0.29, 0.717) is 5.41 Å². The fourth-order valence-corrected chi connectivity index (χ4v) is 0.945. The van der Waals surface area contributed by atoms with Crippen molar-refractivity contribution >= 4 is 12.4 Å². The second kappa shape index (κ2) is 6.89. The first kappa shape index (κ1) is 13.8. The van der Waals surface area contributed by atoms with Gasteiger partial charge in [-0.15, -0.1) is 12.4 Å². The maximum Gasteiger partial charge on any atom is 0.0467 e. The number of ether oxygens (including phenoxy) is 1. The number of hydrogen-bond donors (Lipinski definition) is 1. The van der Waals surface area contributed by atoms with Crippen LogP contribution in [-0.2, 0) is 4.74 Å². The van der Waals surface area contributed by atoms with Gasteiger partial charge < -0.3 is 10.1 Å². The largest absolute Gasteiger partial charge is 0.385 e. The molecule has 0 aromatic rings. The van der Waals surface area contributed by atoms with Crippen molar-refractivity contribution in [3.8, 4) is 0 Å². The lowest BCUT2D eigenvalue weighted by atomic mass is 9.90. The van der Waals surface area contributed by atoms with Crippen molar-refractivity contribution in [1.29, 1.82) is 0 Å². The van der Waals surface area contributed by atoms with Crippen LogP contribution >= 0.6 is 12.4 Å². The summed E-state index contributed by atoms with van der Waals surface area (Å²) in [4.78, 5) is 0. The van der Waals surface area contributed by atoms with Crippen molar-refractivity contribution in [2.75, 3.05) is 27.3 Å². The molecule has 0 unspecified atom stereocenters. The van der Waals surface area contributed by atoms with Crippen molar-refractivity contribution in [2.45, 2.75) is 20.3 Å². The summed E-state index contributed by atoms with van der Waals surface area (Å²) in [5.74, 6) is 0. The molecule has 0 saturated carbocycles. The first-order valence-corrected chi connectivity index (χ1v) is 3.76. The lowest BCUT2D eigenvalue weighted by Crippen LogP contribution is -2.27. The molecule has 0 aliphatic carbocycles. The minimum Gasteiger partial charge on any atom is -0.385 e. The van der Waals surface area contributed by atoms with Crippen LogP contribution in [-0.4, -0.2) is 27.3 Å². The Labute approximate surface area is 76.1 Å². The Bertz CT molecular complexity index is 86.2. The molecule has 3 heteroatoms. The van der Waals surface area contributed by atoms with Gasteiger partial charge in [0.25, 0.3) is 0 Å². The lowest BCUT2D eigenvalue weighted by molar-refractivity contribution is 0.152. The fraction of sp³-hybridized carbons (Fsp3) is 1.00. The molecule has 0 fully saturated rings. The highest BCUT2D eigenvalue weighted by Gasteiger charge is 2.15. The Kier molecular flexibility index (Phi) is 8.63. The summed E-state index contributed by atoms with van der Waals surface area (Å²) >= 11 is 0. The smallest absolute Gasteiger partial charge is 0.0467 e. The summed E-state index contributed by atoms with van der Waals surface area (Å²) in [6.07, 6.45) is 1.12. The van der Waals surface area contributed by atoms with Gasteiger partial charge in [-0.3, -0.25) is 0 Å². The SMILES string of the molecule is CNCC(C)(C)CCOC.Cl. The third-order valence-corrected chi connectivity index (χ3v) is 1.64. The van der Waals surface area contributed by atoms with Crippen molar-refractivity contribution in [3.63, 3.8) is 0 Å². The molecule has 0 spiro atoms. The molecule has 0 rings (SSSR count). The second-order valence-electron chi connectivity index (χ2n) is 3.44. The van der Waals surface area contributed by atoms with E-state index >= 15 is 0 Å². The molecule has 0 radical (unpaired) electrons. The van der Waals surface area contributed by atoms with Gasteiger partial charge in [0.1, 0.15) is 0 Å². The van der Waals surface area contributed by atoms with Crippen molar-refractivity contribution in [1.82, 2.24) is 5.32 Å². The molecule has 0 amide bonds. The summed E-state index contributed by atoms with van der Waals surface area (Å²) in [7, 11) is 3.73. The van der Waals surface area contributed by atoms with Gasteiger partial charge >= 0.3 is 0 Å². The number of hydrogen-bond acceptors (Lipinski definition) is 2. The standard InChI is InChI=1S/C8H19NO.ClH/c1-8(2,7-9-3)5-6-10-4;/h9H,5-7H2,1-4H3;1H. The molecule has 0 aromatic heterocycles. The summed E-state index contributed by atoms with van der Waals surface area (Å²) in [6, 6.07) is 0. The zero-order valence-corrected chi connectivity index (χ0v) is 8.75. The summed E-state index contributed by atoms with van der Waals surface area (Å²) in [5, 5.41) is 3.16. The van der Waals surface area contributed by atoms with E-state index in [2.05, 4.69) is 19.2 Å². The number of nitrogens with one attached hydrogen (secondary N) is 1. The van der Waals surface area contributed by atoms with Crippen molar-refractivity contribution in [2.24, 2.45) is 5.41 Å². The van der Waals surface area contributed by atoms with Gasteiger partial charge in [0, 0.05) is 20.3 Å². The van der Waals surface area contributed by atoms with Crippen LogP contribution in [0, 0.1) is 5.41 Å². The fourth-order valence-electron chi connectivity index (χ4n) is 0.945. The molecule has 0 atom stereocenters.